The topological polar surface area (TPSA) is 0 Å². The summed E-state index contributed by atoms with van der Waals surface area (Å²) in [6, 6.07) is 7.29. The molecule has 0 N–H and O–H groups in total. The number of halogens is 9. The van der Waals surface area contributed by atoms with Gasteiger partial charge in [-0.05, 0) is 41.2 Å². The zero-order valence-electron chi connectivity index (χ0n) is 14.7. The summed E-state index contributed by atoms with van der Waals surface area (Å²) in [6.07, 6.45) is -17.4. The van der Waals surface area contributed by atoms with Crippen LogP contribution in [0.3, 0.4) is 0 Å². The zero-order valence-corrected chi connectivity index (χ0v) is 14.7. The number of hydrogen-bond acceptors (Lipinski definition) is 0. The van der Waals surface area contributed by atoms with Crippen molar-refractivity contribution in [2.24, 2.45) is 0 Å². The summed E-state index contributed by atoms with van der Waals surface area (Å²) in [7, 11) is 0. The number of allylic oxidation sites excluding steroid dienone is 1. The highest BCUT2D eigenvalue weighted by atomic mass is 19.4. The van der Waals surface area contributed by atoms with Crippen LogP contribution in [0.4, 0.5) is 39.5 Å². The maximum Gasteiger partial charge on any atom is 0.416 e. The van der Waals surface area contributed by atoms with E-state index in [0.29, 0.717) is 12.0 Å². The Labute approximate surface area is 159 Å². The molecule has 0 amide bonds. The highest BCUT2D eigenvalue weighted by molar-refractivity contribution is 5.80. The van der Waals surface area contributed by atoms with Gasteiger partial charge in [-0.15, -0.1) is 0 Å². The molecule has 156 valence electrons. The molecule has 0 saturated heterocycles. The highest BCUT2D eigenvalue weighted by Gasteiger charge is 2.84. The van der Waals surface area contributed by atoms with Crippen LogP contribution in [0.25, 0.3) is 17.2 Å². The lowest BCUT2D eigenvalue weighted by Crippen LogP contribution is -2.63. The van der Waals surface area contributed by atoms with Gasteiger partial charge in [0.05, 0.1) is 0 Å². The van der Waals surface area contributed by atoms with Gasteiger partial charge in [0.1, 0.15) is 0 Å². The highest BCUT2D eigenvalue weighted by Crippen LogP contribution is 2.60. The molecule has 0 atom stereocenters. The van der Waals surface area contributed by atoms with Crippen molar-refractivity contribution >= 4 is 6.08 Å². The SMILES string of the molecule is CC1=Cc2c(cccc2-c2ccc(C(C(F)(F)F)(C(F)(F)F)C(F)(F)F)cc2)C1. The molecule has 29 heavy (non-hydrogen) atoms. The van der Waals surface area contributed by atoms with Gasteiger partial charge in [-0.1, -0.05) is 54.1 Å². The Kier molecular flexibility index (Phi) is 4.79. The molecule has 0 spiro atoms. The van der Waals surface area contributed by atoms with E-state index in [1.807, 2.05) is 19.1 Å². The number of alkyl halides is 9. The fourth-order valence-corrected chi connectivity index (χ4v) is 3.66. The Morgan fingerprint density at radius 1 is 0.690 bits per heavy atom. The monoisotopic (exact) mass is 424 g/mol. The van der Waals surface area contributed by atoms with Crippen molar-refractivity contribution < 1.29 is 39.5 Å². The van der Waals surface area contributed by atoms with Gasteiger partial charge in [-0.2, -0.15) is 39.5 Å². The average molecular weight is 424 g/mol. The summed E-state index contributed by atoms with van der Waals surface area (Å²) in [6.45, 7) is 1.86. The maximum atomic E-state index is 13.3. The van der Waals surface area contributed by atoms with Crippen molar-refractivity contribution in [1.82, 2.24) is 0 Å². The minimum atomic E-state index is -6.63. The average Bonchev–Trinajstić information content (AvgIpc) is 2.92. The standard InChI is InChI=1S/C20H13F9/c1-11-9-13-3-2-4-15(16(13)10-11)12-5-7-14(8-6-12)17(18(21,22)23,19(24,25)26)20(27,28)29/h2-8,10H,9H2,1H3. The molecule has 0 aromatic heterocycles. The maximum absolute atomic E-state index is 13.3. The molecular formula is C20H13F9. The minimum Gasteiger partial charge on any atom is -0.169 e. The first-order valence-corrected chi connectivity index (χ1v) is 8.30. The van der Waals surface area contributed by atoms with Crippen LogP contribution in [0.5, 0.6) is 0 Å². The second-order valence-electron chi connectivity index (χ2n) is 6.87. The summed E-state index contributed by atoms with van der Waals surface area (Å²) < 4.78 is 119. The summed E-state index contributed by atoms with van der Waals surface area (Å²) in [4.78, 5) is 0. The largest absolute Gasteiger partial charge is 0.416 e. The van der Waals surface area contributed by atoms with E-state index in [1.165, 1.54) is 0 Å². The molecular weight excluding hydrogens is 411 g/mol. The van der Waals surface area contributed by atoms with Crippen LogP contribution >= 0.6 is 0 Å². The third kappa shape index (κ3) is 3.20. The second-order valence-corrected chi connectivity index (χ2v) is 6.87. The van der Waals surface area contributed by atoms with Crippen LogP contribution in [-0.2, 0) is 11.8 Å². The Balaban J connectivity index is 2.18. The predicted molar refractivity (Wildman–Crippen MR) is 89.1 cm³/mol. The smallest absolute Gasteiger partial charge is 0.169 e. The summed E-state index contributed by atoms with van der Waals surface area (Å²) in [5, 5.41) is 0. The molecule has 0 heterocycles. The van der Waals surface area contributed by atoms with Crippen molar-refractivity contribution in [2.75, 3.05) is 0 Å². The van der Waals surface area contributed by atoms with Crippen LogP contribution in [0.15, 0.2) is 48.0 Å². The van der Waals surface area contributed by atoms with E-state index in [0.717, 1.165) is 28.8 Å². The first-order chi connectivity index (χ1) is 13.2. The molecule has 9 heteroatoms. The number of fused-ring (bicyclic) bond motifs is 1. The fraction of sp³-hybridized carbons (Fsp3) is 0.300. The molecule has 3 rings (SSSR count). The molecule has 0 radical (unpaired) electrons. The first-order valence-electron chi connectivity index (χ1n) is 8.30. The van der Waals surface area contributed by atoms with Crippen LogP contribution in [0.2, 0.25) is 0 Å². The van der Waals surface area contributed by atoms with Crippen molar-refractivity contribution in [3.05, 3.63) is 64.7 Å². The Hall–Kier alpha value is -2.45. The third-order valence-electron chi connectivity index (χ3n) is 4.96. The van der Waals surface area contributed by atoms with Crippen molar-refractivity contribution in [1.29, 1.82) is 0 Å². The number of benzene rings is 2. The Bertz CT molecular complexity index is 906. The lowest BCUT2D eigenvalue weighted by molar-refractivity contribution is -0.387. The van der Waals surface area contributed by atoms with Crippen LogP contribution in [0, 0.1) is 0 Å². The van der Waals surface area contributed by atoms with Gasteiger partial charge < -0.3 is 0 Å². The third-order valence-corrected chi connectivity index (χ3v) is 4.96. The Morgan fingerprint density at radius 2 is 1.21 bits per heavy atom. The van der Waals surface area contributed by atoms with E-state index in [2.05, 4.69) is 0 Å². The summed E-state index contributed by atoms with van der Waals surface area (Å²) in [5.74, 6) is 0. The normalized spacial score (nSPS) is 15.3. The van der Waals surface area contributed by atoms with Crippen molar-refractivity contribution in [2.45, 2.75) is 37.3 Å². The zero-order chi connectivity index (χ0) is 21.8. The summed E-state index contributed by atoms with van der Waals surface area (Å²) in [5.41, 5.74) is -4.49. The molecule has 0 nitrogen and oxygen atoms in total. The van der Waals surface area contributed by atoms with E-state index in [1.54, 1.807) is 12.1 Å². The quantitative estimate of drug-likeness (QED) is 0.446. The van der Waals surface area contributed by atoms with E-state index >= 15 is 0 Å². The molecule has 0 bridgehead atoms. The molecule has 1 aliphatic carbocycles. The first kappa shape index (κ1) is 21.3. The molecule has 0 unspecified atom stereocenters. The van der Waals surface area contributed by atoms with Gasteiger partial charge in [0.15, 0.2) is 0 Å². The van der Waals surface area contributed by atoms with Crippen LogP contribution in [0.1, 0.15) is 23.6 Å². The van der Waals surface area contributed by atoms with Gasteiger partial charge in [0.2, 0.25) is 0 Å². The van der Waals surface area contributed by atoms with Crippen molar-refractivity contribution in [3.8, 4) is 11.1 Å². The molecule has 2 aromatic rings. The fourth-order valence-electron chi connectivity index (χ4n) is 3.66. The Morgan fingerprint density at radius 3 is 1.69 bits per heavy atom. The van der Waals surface area contributed by atoms with Gasteiger partial charge in [-0.3, -0.25) is 0 Å². The molecule has 0 aliphatic heterocycles. The van der Waals surface area contributed by atoms with Crippen molar-refractivity contribution in [3.63, 3.8) is 0 Å². The van der Waals surface area contributed by atoms with Crippen LogP contribution in [-0.4, -0.2) is 18.5 Å². The minimum absolute atomic E-state index is 0.219. The van der Waals surface area contributed by atoms with E-state index in [-0.39, 0.29) is 17.7 Å². The van der Waals surface area contributed by atoms with E-state index < -0.39 is 29.5 Å². The lowest BCUT2D eigenvalue weighted by atomic mass is 9.77. The van der Waals surface area contributed by atoms with Gasteiger partial charge in [0, 0.05) is 0 Å². The number of rotatable bonds is 2. The molecule has 2 aromatic carbocycles. The van der Waals surface area contributed by atoms with E-state index in [4.69, 9.17) is 0 Å². The lowest BCUT2D eigenvalue weighted by Gasteiger charge is -2.38. The summed E-state index contributed by atoms with van der Waals surface area (Å²) >= 11 is 0. The molecule has 1 aliphatic rings. The van der Waals surface area contributed by atoms with Gasteiger partial charge in [0.25, 0.3) is 5.41 Å². The molecule has 0 fully saturated rings. The molecule has 0 saturated carbocycles. The van der Waals surface area contributed by atoms with Gasteiger partial charge >= 0.3 is 18.5 Å². The predicted octanol–water partition coefficient (Wildman–Crippen LogP) is 7.24. The van der Waals surface area contributed by atoms with E-state index in [9.17, 15) is 39.5 Å². The van der Waals surface area contributed by atoms with Crippen LogP contribution < -0.4 is 0 Å². The second kappa shape index (κ2) is 6.53. The number of hydrogen-bond donors (Lipinski definition) is 0. The van der Waals surface area contributed by atoms with Gasteiger partial charge in [-0.25, -0.2) is 0 Å².